The second-order valence-corrected chi connectivity index (χ2v) is 4.31. The van der Waals surface area contributed by atoms with Crippen LogP contribution in [0, 0.1) is 0 Å². The van der Waals surface area contributed by atoms with E-state index in [4.69, 9.17) is 4.74 Å². The number of nitrogens with zero attached hydrogens (tertiary/aromatic N) is 1. The first-order valence-electron chi connectivity index (χ1n) is 4.77. The van der Waals surface area contributed by atoms with Gasteiger partial charge in [0.15, 0.2) is 0 Å². The van der Waals surface area contributed by atoms with Gasteiger partial charge in [0.1, 0.15) is 6.61 Å². The number of carbonyl (C=O) groups excluding carboxylic acids is 2. The molecule has 5 heteroatoms. The van der Waals surface area contributed by atoms with Gasteiger partial charge in [-0.15, -0.1) is 0 Å². The SMILES string of the molecule is C=C(C)C(=O)N(I)CCOC(=O)CCC. The molecule has 0 aliphatic heterocycles. The molecule has 0 aromatic heterocycles. The van der Waals surface area contributed by atoms with Gasteiger partial charge in [-0.3, -0.25) is 12.7 Å². The molecule has 0 aliphatic rings. The molecule has 0 bridgehead atoms. The number of ether oxygens (including phenoxy) is 1. The molecule has 0 saturated carbocycles. The minimum atomic E-state index is -0.218. The highest BCUT2D eigenvalue weighted by molar-refractivity contribution is 14.1. The predicted octanol–water partition coefficient (Wildman–Crippen LogP) is 2.08. The van der Waals surface area contributed by atoms with Crippen molar-refractivity contribution in [3.63, 3.8) is 0 Å². The van der Waals surface area contributed by atoms with Crippen LogP contribution in [0.5, 0.6) is 0 Å². The van der Waals surface area contributed by atoms with Crippen LogP contribution in [0.3, 0.4) is 0 Å². The van der Waals surface area contributed by atoms with Crippen molar-refractivity contribution in [1.82, 2.24) is 3.11 Å². The highest BCUT2D eigenvalue weighted by Crippen LogP contribution is 2.05. The largest absolute Gasteiger partial charge is 0.464 e. The number of hydrogen-bond acceptors (Lipinski definition) is 3. The van der Waals surface area contributed by atoms with Crippen LogP contribution in [-0.2, 0) is 14.3 Å². The summed E-state index contributed by atoms with van der Waals surface area (Å²) in [7, 11) is 0. The second kappa shape index (κ2) is 7.67. The summed E-state index contributed by atoms with van der Waals surface area (Å²) in [6.07, 6.45) is 1.20. The van der Waals surface area contributed by atoms with Crippen LogP contribution < -0.4 is 0 Å². The standard InChI is InChI=1S/C10H16INO3/c1-4-5-9(13)15-7-6-12(11)10(14)8(2)3/h2,4-7H2,1,3H3. The summed E-state index contributed by atoms with van der Waals surface area (Å²) in [5.41, 5.74) is 0.476. The third-order valence-corrected chi connectivity index (χ3v) is 2.51. The Morgan fingerprint density at radius 1 is 1.47 bits per heavy atom. The number of hydrogen-bond donors (Lipinski definition) is 0. The summed E-state index contributed by atoms with van der Waals surface area (Å²) in [5, 5.41) is 0. The van der Waals surface area contributed by atoms with E-state index in [0.717, 1.165) is 6.42 Å². The van der Waals surface area contributed by atoms with Crippen molar-refractivity contribution in [2.24, 2.45) is 0 Å². The van der Waals surface area contributed by atoms with Crippen molar-refractivity contribution in [3.8, 4) is 0 Å². The minimum Gasteiger partial charge on any atom is -0.464 e. The van der Waals surface area contributed by atoms with Gasteiger partial charge in [-0.1, -0.05) is 13.5 Å². The first-order chi connectivity index (χ1) is 6.99. The molecular weight excluding hydrogens is 309 g/mol. The van der Waals surface area contributed by atoms with Gasteiger partial charge in [-0.05, 0) is 13.3 Å². The summed E-state index contributed by atoms with van der Waals surface area (Å²) >= 11 is 1.88. The third kappa shape index (κ3) is 6.48. The van der Waals surface area contributed by atoms with Crippen molar-refractivity contribution in [3.05, 3.63) is 12.2 Å². The Balaban J connectivity index is 3.72. The fourth-order valence-corrected chi connectivity index (χ4v) is 1.43. The van der Waals surface area contributed by atoms with Gasteiger partial charge in [-0.25, -0.2) is 0 Å². The Bertz CT molecular complexity index is 253. The summed E-state index contributed by atoms with van der Waals surface area (Å²) in [5.74, 6) is -0.354. The van der Waals surface area contributed by atoms with E-state index in [1.54, 1.807) is 6.92 Å². The normalized spacial score (nSPS) is 9.53. The summed E-state index contributed by atoms with van der Waals surface area (Å²) in [6.45, 7) is 7.74. The molecule has 0 atom stereocenters. The van der Waals surface area contributed by atoms with Gasteiger partial charge in [0.25, 0.3) is 5.91 Å². The van der Waals surface area contributed by atoms with E-state index in [9.17, 15) is 9.59 Å². The molecule has 0 aliphatic carbocycles. The minimum absolute atomic E-state index is 0.137. The molecule has 0 rings (SSSR count). The maximum absolute atomic E-state index is 11.3. The van der Waals surface area contributed by atoms with Crippen molar-refractivity contribution >= 4 is 34.7 Å². The lowest BCUT2D eigenvalue weighted by atomic mass is 10.3. The zero-order valence-corrected chi connectivity index (χ0v) is 11.2. The number of halogens is 1. The lowest BCUT2D eigenvalue weighted by molar-refractivity contribution is -0.144. The average molecular weight is 325 g/mol. The predicted molar refractivity (Wildman–Crippen MR) is 66.4 cm³/mol. The van der Waals surface area contributed by atoms with E-state index in [-0.39, 0.29) is 18.5 Å². The van der Waals surface area contributed by atoms with Crippen LogP contribution in [-0.4, -0.2) is 28.1 Å². The Kier molecular flexibility index (Phi) is 7.37. The van der Waals surface area contributed by atoms with E-state index >= 15 is 0 Å². The molecule has 0 spiro atoms. The number of rotatable bonds is 6. The molecule has 86 valence electrons. The van der Waals surface area contributed by atoms with Crippen LogP contribution >= 0.6 is 22.9 Å². The summed E-state index contributed by atoms with van der Waals surface area (Å²) in [6, 6.07) is 0. The lowest BCUT2D eigenvalue weighted by Gasteiger charge is -2.14. The van der Waals surface area contributed by atoms with Crippen LogP contribution in [0.1, 0.15) is 26.7 Å². The topological polar surface area (TPSA) is 46.6 Å². The summed E-state index contributed by atoms with van der Waals surface area (Å²) < 4.78 is 6.37. The van der Waals surface area contributed by atoms with E-state index < -0.39 is 0 Å². The number of amides is 1. The number of esters is 1. The molecule has 1 amide bonds. The Morgan fingerprint density at radius 3 is 2.53 bits per heavy atom. The number of carbonyl (C=O) groups is 2. The van der Waals surface area contributed by atoms with Crippen LogP contribution in [0.15, 0.2) is 12.2 Å². The van der Waals surface area contributed by atoms with Crippen molar-refractivity contribution < 1.29 is 14.3 Å². The van der Waals surface area contributed by atoms with Gasteiger partial charge in [0, 0.05) is 12.0 Å². The van der Waals surface area contributed by atoms with Crippen LogP contribution in [0.4, 0.5) is 0 Å². The van der Waals surface area contributed by atoms with Gasteiger partial charge in [-0.2, -0.15) is 0 Å². The average Bonchev–Trinajstić information content (AvgIpc) is 2.16. The van der Waals surface area contributed by atoms with Crippen molar-refractivity contribution in [2.75, 3.05) is 13.2 Å². The lowest BCUT2D eigenvalue weighted by Crippen LogP contribution is -2.26. The molecule has 15 heavy (non-hydrogen) atoms. The maximum atomic E-state index is 11.3. The fourth-order valence-electron chi connectivity index (χ4n) is 0.825. The first kappa shape index (κ1) is 14.4. The monoisotopic (exact) mass is 325 g/mol. The van der Waals surface area contributed by atoms with E-state index in [1.807, 2.05) is 29.8 Å². The Morgan fingerprint density at radius 2 is 2.07 bits per heavy atom. The van der Waals surface area contributed by atoms with E-state index in [2.05, 4.69) is 6.58 Å². The third-order valence-electron chi connectivity index (χ3n) is 1.59. The first-order valence-corrected chi connectivity index (χ1v) is 5.74. The molecule has 4 nitrogen and oxygen atoms in total. The quantitative estimate of drug-likeness (QED) is 0.325. The molecule has 0 N–H and O–H groups in total. The zero-order valence-electron chi connectivity index (χ0n) is 9.09. The second-order valence-electron chi connectivity index (χ2n) is 3.14. The van der Waals surface area contributed by atoms with Crippen LogP contribution in [0.2, 0.25) is 0 Å². The molecular formula is C10H16INO3. The molecule has 0 unspecified atom stereocenters. The summed E-state index contributed by atoms with van der Waals surface area (Å²) in [4.78, 5) is 22.3. The molecule has 0 heterocycles. The molecule has 0 saturated heterocycles. The molecule has 0 fully saturated rings. The van der Waals surface area contributed by atoms with E-state index in [0.29, 0.717) is 18.5 Å². The van der Waals surface area contributed by atoms with E-state index in [1.165, 1.54) is 3.11 Å². The Labute approximate surface area is 104 Å². The Hall–Kier alpha value is -0.590. The fraction of sp³-hybridized carbons (Fsp3) is 0.600. The van der Waals surface area contributed by atoms with Crippen molar-refractivity contribution in [2.45, 2.75) is 26.7 Å². The molecule has 0 radical (unpaired) electrons. The molecule has 0 aromatic carbocycles. The molecule has 0 aromatic rings. The van der Waals surface area contributed by atoms with Crippen LogP contribution in [0.25, 0.3) is 0 Å². The van der Waals surface area contributed by atoms with Gasteiger partial charge in [0.05, 0.1) is 29.4 Å². The van der Waals surface area contributed by atoms with Gasteiger partial charge in [0.2, 0.25) is 0 Å². The zero-order chi connectivity index (χ0) is 11.8. The van der Waals surface area contributed by atoms with Gasteiger partial charge >= 0.3 is 5.97 Å². The smallest absolute Gasteiger partial charge is 0.305 e. The van der Waals surface area contributed by atoms with Crippen molar-refractivity contribution in [1.29, 1.82) is 0 Å². The highest BCUT2D eigenvalue weighted by atomic mass is 127. The maximum Gasteiger partial charge on any atom is 0.305 e. The van der Waals surface area contributed by atoms with Gasteiger partial charge < -0.3 is 4.74 Å². The highest BCUT2D eigenvalue weighted by Gasteiger charge is 2.11.